The summed E-state index contributed by atoms with van der Waals surface area (Å²) in [7, 11) is 1.49. The molecule has 106 valence electrons. The fraction of sp³-hybridized carbons (Fsp3) is 0.100. The lowest BCUT2D eigenvalue weighted by atomic mass is 10.2. The topological polar surface area (TPSA) is 135 Å². The van der Waals surface area contributed by atoms with Gasteiger partial charge < -0.3 is 10.1 Å². The van der Waals surface area contributed by atoms with E-state index in [2.05, 4.69) is 15.2 Å². The van der Waals surface area contributed by atoms with Crippen LogP contribution in [0.2, 0.25) is 0 Å². The normalized spacial score (nSPS) is 10.9. The molecular weight excluding hydrogens is 282 g/mol. The van der Waals surface area contributed by atoms with E-state index in [1.54, 1.807) is 0 Å². The van der Waals surface area contributed by atoms with Gasteiger partial charge in [-0.3, -0.25) is 10.1 Å². The van der Waals surface area contributed by atoms with Crippen molar-refractivity contribution in [3.8, 4) is 5.95 Å². The van der Waals surface area contributed by atoms with Gasteiger partial charge in [-0.1, -0.05) is 0 Å². The van der Waals surface area contributed by atoms with Gasteiger partial charge in [0.2, 0.25) is 0 Å². The highest BCUT2D eigenvalue weighted by molar-refractivity contribution is 5.82. The molecule has 0 unspecified atom stereocenters. The average molecular weight is 289 g/mol. The average Bonchev–Trinajstić information content (AvgIpc) is 3.01. The van der Waals surface area contributed by atoms with Gasteiger partial charge >= 0.3 is 11.9 Å². The van der Waals surface area contributed by atoms with Crippen LogP contribution < -0.4 is 0 Å². The number of non-ortho nitro benzene ring substituents is 1. The lowest BCUT2D eigenvalue weighted by molar-refractivity contribution is -0.394. The molecule has 0 fully saturated rings. The van der Waals surface area contributed by atoms with E-state index in [9.17, 15) is 20.2 Å². The molecule has 2 heterocycles. The Morgan fingerprint density at radius 3 is 2.57 bits per heavy atom. The van der Waals surface area contributed by atoms with Crippen LogP contribution in [-0.2, 0) is 7.05 Å². The molecule has 21 heavy (non-hydrogen) atoms. The summed E-state index contributed by atoms with van der Waals surface area (Å²) in [5, 5.41) is 29.6. The van der Waals surface area contributed by atoms with Gasteiger partial charge in [-0.2, -0.15) is 14.5 Å². The molecule has 0 atom stereocenters. The fourth-order valence-corrected chi connectivity index (χ4v) is 1.92. The monoisotopic (exact) mass is 289 g/mol. The van der Waals surface area contributed by atoms with E-state index in [0.29, 0.717) is 10.9 Å². The molecule has 0 amide bonds. The van der Waals surface area contributed by atoms with E-state index in [4.69, 9.17) is 0 Å². The van der Waals surface area contributed by atoms with Gasteiger partial charge in [0.1, 0.15) is 0 Å². The lowest BCUT2D eigenvalue weighted by Gasteiger charge is -1.97. The Balaban J connectivity index is 2.17. The number of rotatable bonds is 3. The lowest BCUT2D eigenvalue weighted by Crippen LogP contribution is -2.05. The third-order valence-corrected chi connectivity index (χ3v) is 2.84. The van der Waals surface area contributed by atoms with Crippen molar-refractivity contribution in [1.29, 1.82) is 0 Å². The van der Waals surface area contributed by atoms with Crippen molar-refractivity contribution in [2.24, 2.45) is 7.05 Å². The van der Waals surface area contributed by atoms with Crippen molar-refractivity contribution < 1.29 is 9.85 Å². The summed E-state index contributed by atoms with van der Waals surface area (Å²) in [6.45, 7) is 0. The van der Waals surface area contributed by atoms with E-state index < -0.39 is 15.8 Å². The van der Waals surface area contributed by atoms with Crippen LogP contribution in [-0.4, -0.2) is 34.4 Å². The first-order valence-corrected chi connectivity index (χ1v) is 5.65. The predicted molar refractivity (Wildman–Crippen MR) is 68.9 cm³/mol. The van der Waals surface area contributed by atoms with E-state index in [1.807, 2.05) is 0 Å². The second kappa shape index (κ2) is 4.33. The van der Waals surface area contributed by atoms with E-state index in [-0.39, 0.29) is 11.6 Å². The zero-order chi connectivity index (χ0) is 15.1. The van der Waals surface area contributed by atoms with Crippen LogP contribution in [0.4, 0.5) is 11.6 Å². The number of hydrogen-bond acceptors (Lipinski definition) is 7. The summed E-state index contributed by atoms with van der Waals surface area (Å²) >= 11 is 0. The molecule has 0 radical (unpaired) electrons. The smallest absolute Gasteiger partial charge is 0.390 e. The number of hydrogen-bond donors (Lipinski definition) is 0. The summed E-state index contributed by atoms with van der Waals surface area (Å²) in [4.78, 5) is 24.0. The summed E-state index contributed by atoms with van der Waals surface area (Å²) < 4.78 is 2.55. The second-order valence-electron chi connectivity index (χ2n) is 4.15. The van der Waals surface area contributed by atoms with Gasteiger partial charge in [0.05, 0.1) is 16.6 Å². The summed E-state index contributed by atoms with van der Waals surface area (Å²) in [5.41, 5.74) is 0.469. The quantitative estimate of drug-likeness (QED) is 0.517. The first kappa shape index (κ1) is 12.7. The molecule has 0 N–H and O–H groups in total. The molecular formula is C10H7N7O4. The van der Waals surface area contributed by atoms with Gasteiger partial charge in [-0.25, -0.2) is 0 Å². The number of nitrogens with zero attached hydrogens (tertiary/aromatic N) is 7. The molecule has 0 aliphatic rings. The molecule has 0 spiro atoms. The molecule has 0 bridgehead atoms. The van der Waals surface area contributed by atoms with Gasteiger partial charge in [0.25, 0.3) is 5.69 Å². The Morgan fingerprint density at radius 2 is 1.95 bits per heavy atom. The van der Waals surface area contributed by atoms with Crippen LogP contribution in [0.3, 0.4) is 0 Å². The molecule has 11 heteroatoms. The summed E-state index contributed by atoms with van der Waals surface area (Å²) in [5.74, 6) is -0.399. The van der Waals surface area contributed by atoms with Gasteiger partial charge in [-0.15, -0.1) is 0 Å². The fourth-order valence-electron chi connectivity index (χ4n) is 1.92. The van der Waals surface area contributed by atoms with Crippen molar-refractivity contribution in [3.05, 3.63) is 44.6 Å². The molecule has 11 nitrogen and oxygen atoms in total. The molecule has 0 saturated heterocycles. The van der Waals surface area contributed by atoms with Crippen LogP contribution in [0.25, 0.3) is 16.9 Å². The first-order valence-electron chi connectivity index (χ1n) is 5.65. The molecule has 0 saturated carbocycles. The van der Waals surface area contributed by atoms with Gasteiger partial charge in [0.15, 0.2) is 0 Å². The number of aromatic nitrogens is 5. The maximum absolute atomic E-state index is 10.7. The Bertz CT molecular complexity index is 881. The Kier molecular flexibility index (Phi) is 2.61. The Hall–Kier alpha value is -3.37. The molecule has 0 aliphatic heterocycles. The second-order valence-corrected chi connectivity index (χ2v) is 4.15. The molecule has 3 rings (SSSR count). The molecule has 1 aromatic carbocycles. The minimum Gasteiger partial charge on any atom is -0.390 e. The van der Waals surface area contributed by atoms with Crippen molar-refractivity contribution in [2.45, 2.75) is 0 Å². The maximum atomic E-state index is 10.7. The summed E-state index contributed by atoms with van der Waals surface area (Å²) in [6, 6.07) is 4.19. The largest absolute Gasteiger partial charge is 0.493 e. The number of aryl methyl sites for hydroxylation is 1. The minimum absolute atomic E-state index is 0.0639. The molecule has 0 aliphatic carbocycles. The number of nitro benzene ring substituents is 1. The first-order chi connectivity index (χ1) is 9.97. The summed E-state index contributed by atoms with van der Waals surface area (Å²) in [6.07, 6.45) is 1.42. The third-order valence-electron chi connectivity index (χ3n) is 2.84. The van der Waals surface area contributed by atoms with Gasteiger partial charge in [-0.05, 0) is 16.0 Å². The standard InChI is InChI=1S/C10H7N7O4/c1-14-10(12-9(13-14)17(20)21)15-8-3-2-7(16(18)19)4-6(8)5-11-15/h2-5H,1H3. The zero-order valence-corrected chi connectivity index (χ0v) is 10.6. The van der Waals surface area contributed by atoms with E-state index in [0.717, 1.165) is 0 Å². The van der Waals surface area contributed by atoms with E-state index in [1.165, 1.54) is 40.8 Å². The maximum Gasteiger partial charge on any atom is 0.493 e. The van der Waals surface area contributed by atoms with E-state index >= 15 is 0 Å². The molecule has 2 aromatic heterocycles. The highest BCUT2D eigenvalue weighted by Gasteiger charge is 2.23. The molecule has 3 aromatic rings. The number of nitro groups is 2. The van der Waals surface area contributed by atoms with Crippen LogP contribution in [0, 0.1) is 20.2 Å². The highest BCUT2D eigenvalue weighted by atomic mass is 16.6. The van der Waals surface area contributed by atoms with Gasteiger partial charge in [0, 0.05) is 29.7 Å². The SMILES string of the molecule is Cn1nc([N+](=O)[O-])nc1-n1ncc2cc([N+](=O)[O-])ccc21. The van der Waals surface area contributed by atoms with Crippen LogP contribution in [0.1, 0.15) is 0 Å². The van der Waals surface area contributed by atoms with Crippen molar-refractivity contribution in [2.75, 3.05) is 0 Å². The highest BCUT2D eigenvalue weighted by Crippen LogP contribution is 2.22. The zero-order valence-electron chi connectivity index (χ0n) is 10.6. The van der Waals surface area contributed by atoms with Crippen LogP contribution in [0.15, 0.2) is 24.4 Å². The third kappa shape index (κ3) is 1.96. The van der Waals surface area contributed by atoms with Crippen LogP contribution in [0.5, 0.6) is 0 Å². The van der Waals surface area contributed by atoms with Crippen molar-refractivity contribution in [1.82, 2.24) is 24.5 Å². The number of fused-ring (bicyclic) bond motifs is 1. The van der Waals surface area contributed by atoms with Crippen molar-refractivity contribution >= 4 is 22.5 Å². The van der Waals surface area contributed by atoms with Crippen LogP contribution >= 0.6 is 0 Å². The minimum atomic E-state index is -0.708. The number of benzene rings is 1. The Morgan fingerprint density at radius 1 is 1.19 bits per heavy atom. The predicted octanol–water partition coefficient (Wildman–Crippen LogP) is 0.970. The van der Waals surface area contributed by atoms with Crippen molar-refractivity contribution in [3.63, 3.8) is 0 Å². The Labute approximate surface area is 115 Å².